The molecule has 0 bridgehead atoms. The Labute approximate surface area is 113 Å². The van der Waals surface area contributed by atoms with Crippen LogP contribution in [0, 0.1) is 0 Å². The van der Waals surface area contributed by atoms with E-state index in [0.717, 1.165) is 5.30 Å². The molecule has 5 heteroatoms. The average molecular weight is 282 g/mol. The molecule has 0 aliphatic carbocycles. The summed E-state index contributed by atoms with van der Waals surface area (Å²) in [5.41, 5.74) is -0.866. The Morgan fingerprint density at radius 3 is 2.11 bits per heavy atom. The third kappa shape index (κ3) is 3.32. The van der Waals surface area contributed by atoms with Crippen molar-refractivity contribution in [1.82, 2.24) is 0 Å². The molecule has 1 atom stereocenters. The molecule has 0 aliphatic rings. The molecule has 0 heterocycles. The van der Waals surface area contributed by atoms with Crippen molar-refractivity contribution in [1.29, 1.82) is 0 Å². The van der Waals surface area contributed by atoms with Gasteiger partial charge in [0.2, 0.25) is 0 Å². The summed E-state index contributed by atoms with van der Waals surface area (Å²) >= 11 is 0. The Hall–Kier alpha value is -1.41. The van der Waals surface area contributed by atoms with Gasteiger partial charge in [0.05, 0.1) is 24.9 Å². The van der Waals surface area contributed by atoms with Gasteiger partial charge >= 0.3 is 5.97 Å². The lowest BCUT2D eigenvalue weighted by molar-refractivity contribution is -0.305. The second-order valence-corrected chi connectivity index (χ2v) is 8.91. The SMILES string of the molecule is CC[P+](CC)(c1ccccc1)C(CC(=O)[O-])C(=O)O. The van der Waals surface area contributed by atoms with E-state index < -0.39 is 31.3 Å². The van der Waals surface area contributed by atoms with E-state index >= 15 is 0 Å². The summed E-state index contributed by atoms with van der Waals surface area (Å²) in [5, 5.41) is 21.3. The van der Waals surface area contributed by atoms with Crippen LogP contribution in [0.3, 0.4) is 0 Å². The molecule has 1 N–H and O–H groups in total. The molecule has 1 unspecified atom stereocenters. The fourth-order valence-electron chi connectivity index (χ4n) is 2.57. The lowest BCUT2D eigenvalue weighted by atomic mass is 10.3. The molecular formula is C14H19O4P. The van der Waals surface area contributed by atoms with Crippen molar-refractivity contribution in [3.8, 4) is 0 Å². The van der Waals surface area contributed by atoms with Gasteiger partial charge < -0.3 is 15.0 Å². The maximum atomic E-state index is 11.5. The van der Waals surface area contributed by atoms with Crippen molar-refractivity contribution in [3.63, 3.8) is 0 Å². The maximum Gasteiger partial charge on any atom is 0.345 e. The fourth-order valence-corrected chi connectivity index (χ4v) is 6.67. The highest BCUT2D eigenvalue weighted by Gasteiger charge is 2.49. The van der Waals surface area contributed by atoms with Crippen molar-refractivity contribution < 1.29 is 19.8 Å². The van der Waals surface area contributed by atoms with Crippen LogP contribution in [0.15, 0.2) is 30.3 Å². The van der Waals surface area contributed by atoms with Crippen LogP contribution >= 0.6 is 7.26 Å². The predicted octanol–water partition coefficient (Wildman–Crippen LogP) is 0.962. The summed E-state index contributed by atoms with van der Waals surface area (Å²) in [5.74, 6) is -2.33. The molecule has 0 saturated heterocycles. The zero-order valence-electron chi connectivity index (χ0n) is 11.2. The molecule has 0 amide bonds. The van der Waals surface area contributed by atoms with E-state index in [1.54, 1.807) is 0 Å². The molecule has 0 saturated carbocycles. The van der Waals surface area contributed by atoms with E-state index in [0.29, 0.717) is 12.3 Å². The van der Waals surface area contributed by atoms with Gasteiger partial charge in [0.1, 0.15) is 0 Å². The van der Waals surface area contributed by atoms with E-state index in [2.05, 4.69) is 0 Å². The molecule has 19 heavy (non-hydrogen) atoms. The van der Waals surface area contributed by atoms with Crippen molar-refractivity contribution in [2.45, 2.75) is 25.9 Å². The molecule has 1 aromatic rings. The Balaban J connectivity index is 3.30. The quantitative estimate of drug-likeness (QED) is 0.756. The lowest BCUT2D eigenvalue weighted by Crippen LogP contribution is -2.38. The van der Waals surface area contributed by atoms with Crippen LogP contribution in [-0.2, 0) is 9.59 Å². The van der Waals surface area contributed by atoms with Crippen molar-refractivity contribution in [2.24, 2.45) is 0 Å². The van der Waals surface area contributed by atoms with E-state index in [1.165, 1.54) is 0 Å². The lowest BCUT2D eigenvalue weighted by Gasteiger charge is -2.31. The van der Waals surface area contributed by atoms with Crippen LogP contribution in [0.2, 0.25) is 0 Å². The third-order valence-corrected chi connectivity index (χ3v) is 8.82. The number of carboxylic acids is 2. The van der Waals surface area contributed by atoms with Crippen LogP contribution in [0.1, 0.15) is 20.3 Å². The first-order valence-electron chi connectivity index (χ1n) is 6.33. The largest absolute Gasteiger partial charge is 0.550 e. The molecule has 0 radical (unpaired) electrons. The number of hydrogen-bond donors (Lipinski definition) is 1. The average Bonchev–Trinajstić information content (AvgIpc) is 2.40. The van der Waals surface area contributed by atoms with Gasteiger partial charge in [-0.1, -0.05) is 18.2 Å². The van der Waals surface area contributed by atoms with E-state index in [4.69, 9.17) is 0 Å². The monoisotopic (exact) mass is 282 g/mol. The summed E-state index contributed by atoms with van der Waals surface area (Å²) in [6.07, 6.45) is 0.940. The molecule has 0 aliphatic heterocycles. The van der Waals surface area contributed by atoms with Gasteiger partial charge in [0, 0.05) is 12.4 Å². The van der Waals surface area contributed by atoms with E-state index in [-0.39, 0.29) is 0 Å². The molecule has 0 aromatic heterocycles. The van der Waals surface area contributed by atoms with E-state index in [9.17, 15) is 19.8 Å². The van der Waals surface area contributed by atoms with Gasteiger partial charge in [0.15, 0.2) is 5.66 Å². The minimum Gasteiger partial charge on any atom is -0.550 e. The van der Waals surface area contributed by atoms with Gasteiger partial charge in [0.25, 0.3) is 0 Å². The second-order valence-electron chi connectivity index (χ2n) is 4.43. The second kappa shape index (κ2) is 6.67. The molecular weight excluding hydrogens is 263 g/mol. The molecule has 104 valence electrons. The number of carbonyl (C=O) groups excluding carboxylic acids is 1. The zero-order valence-corrected chi connectivity index (χ0v) is 12.1. The van der Waals surface area contributed by atoms with Gasteiger partial charge in [-0.15, -0.1) is 0 Å². The summed E-state index contributed by atoms with van der Waals surface area (Å²) < 4.78 is 0. The highest BCUT2D eigenvalue weighted by atomic mass is 31.2. The first-order valence-corrected chi connectivity index (χ1v) is 8.55. The molecule has 1 rings (SSSR count). The number of benzene rings is 1. The van der Waals surface area contributed by atoms with Gasteiger partial charge in [-0.25, -0.2) is 4.79 Å². The summed E-state index contributed by atoms with van der Waals surface area (Å²) in [6.45, 7) is 3.88. The van der Waals surface area contributed by atoms with Crippen molar-refractivity contribution >= 4 is 24.5 Å². The van der Waals surface area contributed by atoms with Crippen LogP contribution in [0.4, 0.5) is 0 Å². The molecule has 4 nitrogen and oxygen atoms in total. The van der Waals surface area contributed by atoms with Gasteiger partial charge in [-0.2, -0.15) is 0 Å². The van der Waals surface area contributed by atoms with Crippen molar-refractivity contribution in [3.05, 3.63) is 30.3 Å². The standard InChI is InChI=1S/C14H19O4P/c1-3-19(4-2,11-8-6-5-7-9-11)12(14(17)18)10-13(15)16/h5-9,12H,3-4,10H2,1-2H3,(H-,15,16,17,18). The number of aliphatic carboxylic acids is 2. The molecule has 0 spiro atoms. The molecule has 1 aromatic carbocycles. The van der Waals surface area contributed by atoms with Gasteiger partial charge in [-0.05, 0) is 26.0 Å². The minimum atomic E-state index is -2.05. The Morgan fingerprint density at radius 1 is 1.21 bits per heavy atom. The fraction of sp³-hybridized carbons (Fsp3) is 0.429. The Kier molecular flexibility index (Phi) is 5.49. The highest BCUT2D eigenvalue weighted by molar-refractivity contribution is 7.84. The summed E-state index contributed by atoms with van der Waals surface area (Å²) in [7, 11) is -2.05. The smallest absolute Gasteiger partial charge is 0.345 e. The number of carboxylic acid groups (broad SMARTS) is 2. The number of carbonyl (C=O) groups is 2. The maximum absolute atomic E-state index is 11.5. The number of hydrogen-bond acceptors (Lipinski definition) is 3. The normalized spacial score (nSPS) is 12.9. The minimum absolute atomic E-state index is 0.417. The van der Waals surface area contributed by atoms with E-state index in [1.807, 2.05) is 44.2 Å². The van der Waals surface area contributed by atoms with Crippen LogP contribution in [0.5, 0.6) is 0 Å². The highest BCUT2D eigenvalue weighted by Crippen LogP contribution is 2.62. The van der Waals surface area contributed by atoms with Crippen molar-refractivity contribution in [2.75, 3.05) is 12.3 Å². The first kappa shape index (κ1) is 15.6. The number of rotatable bonds is 7. The third-order valence-electron chi connectivity index (χ3n) is 3.64. The van der Waals surface area contributed by atoms with Crippen LogP contribution in [-0.4, -0.2) is 35.0 Å². The summed E-state index contributed by atoms with van der Waals surface area (Å²) in [4.78, 5) is 22.4. The zero-order chi connectivity index (χ0) is 14.5. The van der Waals surface area contributed by atoms with Crippen LogP contribution in [0.25, 0.3) is 0 Å². The Bertz CT molecular complexity index is 440. The van der Waals surface area contributed by atoms with Gasteiger partial charge in [-0.3, -0.25) is 0 Å². The van der Waals surface area contributed by atoms with Crippen LogP contribution < -0.4 is 10.4 Å². The Morgan fingerprint density at radius 2 is 1.74 bits per heavy atom. The summed E-state index contributed by atoms with van der Waals surface area (Å²) in [6, 6.07) is 9.43. The molecule has 0 fully saturated rings. The first-order chi connectivity index (χ1) is 8.97. The predicted molar refractivity (Wildman–Crippen MR) is 75.1 cm³/mol. The topological polar surface area (TPSA) is 77.4 Å².